The van der Waals surface area contributed by atoms with Crippen LogP contribution in [0.15, 0.2) is 18.2 Å². The molecule has 1 atom stereocenters. The van der Waals surface area contributed by atoms with Gasteiger partial charge in [0, 0.05) is 12.1 Å². The lowest BCUT2D eigenvalue weighted by Gasteiger charge is -2.26. The molecule has 0 amide bonds. The average Bonchev–Trinajstić information content (AvgIpc) is 2.40. The normalized spacial score (nSPS) is 18.6. The molecule has 1 aliphatic rings. The molecule has 2 rings (SSSR count). The molecular formula is C14H20FNOS. The lowest BCUT2D eigenvalue weighted by molar-refractivity contribution is 0.383. The third-order valence-corrected chi connectivity index (χ3v) is 4.43. The Morgan fingerprint density at radius 2 is 2.11 bits per heavy atom. The van der Waals surface area contributed by atoms with E-state index < -0.39 is 0 Å². The summed E-state index contributed by atoms with van der Waals surface area (Å²) in [7, 11) is 1.50. The van der Waals surface area contributed by atoms with Gasteiger partial charge in [-0.1, -0.05) is 6.07 Å². The van der Waals surface area contributed by atoms with E-state index >= 15 is 0 Å². The van der Waals surface area contributed by atoms with Crippen LogP contribution in [0.25, 0.3) is 0 Å². The fourth-order valence-electron chi connectivity index (χ4n) is 2.26. The van der Waals surface area contributed by atoms with Crippen LogP contribution in [0, 0.1) is 5.82 Å². The average molecular weight is 269 g/mol. The van der Waals surface area contributed by atoms with E-state index in [1.54, 1.807) is 6.07 Å². The van der Waals surface area contributed by atoms with Crippen LogP contribution in [-0.2, 0) is 0 Å². The molecule has 0 spiro atoms. The van der Waals surface area contributed by atoms with Crippen LogP contribution < -0.4 is 10.1 Å². The Morgan fingerprint density at radius 1 is 1.39 bits per heavy atom. The van der Waals surface area contributed by atoms with E-state index in [0.29, 0.717) is 11.8 Å². The van der Waals surface area contributed by atoms with Gasteiger partial charge in [0.05, 0.1) is 7.11 Å². The van der Waals surface area contributed by atoms with Crippen molar-refractivity contribution in [3.8, 4) is 5.75 Å². The van der Waals surface area contributed by atoms with Gasteiger partial charge in [-0.2, -0.15) is 11.8 Å². The number of benzene rings is 1. The fourth-order valence-corrected chi connectivity index (χ4v) is 3.37. The molecule has 1 aromatic carbocycles. The largest absolute Gasteiger partial charge is 0.494 e. The minimum atomic E-state index is -0.303. The summed E-state index contributed by atoms with van der Waals surface area (Å²) in [5.41, 5.74) is 1.08. The highest BCUT2D eigenvalue weighted by Gasteiger charge is 2.17. The van der Waals surface area contributed by atoms with Crippen LogP contribution in [0.2, 0.25) is 0 Å². The Hall–Kier alpha value is -0.740. The van der Waals surface area contributed by atoms with Crippen LogP contribution in [0.5, 0.6) is 5.75 Å². The predicted molar refractivity (Wildman–Crippen MR) is 74.8 cm³/mol. The maximum absolute atomic E-state index is 13.3. The van der Waals surface area contributed by atoms with Gasteiger partial charge in [-0.3, -0.25) is 0 Å². The van der Waals surface area contributed by atoms with Crippen molar-refractivity contribution in [2.24, 2.45) is 0 Å². The molecule has 2 nitrogen and oxygen atoms in total. The molecule has 1 N–H and O–H groups in total. The van der Waals surface area contributed by atoms with Crippen molar-refractivity contribution in [3.63, 3.8) is 0 Å². The SMILES string of the molecule is COc1cc(C(C)NC2CCSCC2)ccc1F. The van der Waals surface area contributed by atoms with Crippen molar-refractivity contribution in [1.82, 2.24) is 5.32 Å². The number of rotatable bonds is 4. The maximum Gasteiger partial charge on any atom is 0.165 e. The zero-order valence-electron chi connectivity index (χ0n) is 10.9. The lowest BCUT2D eigenvalue weighted by atomic mass is 10.0. The molecule has 0 radical (unpaired) electrons. The summed E-state index contributed by atoms with van der Waals surface area (Å²) in [6, 6.07) is 5.89. The van der Waals surface area contributed by atoms with Crippen molar-refractivity contribution < 1.29 is 9.13 Å². The molecule has 1 fully saturated rings. The number of halogens is 1. The van der Waals surface area contributed by atoms with E-state index in [2.05, 4.69) is 12.2 Å². The highest BCUT2D eigenvalue weighted by atomic mass is 32.2. The van der Waals surface area contributed by atoms with Crippen LogP contribution in [0.1, 0.15) is 31.4 Å². The first-order valence-corrected chi connectivity index (χ1v) is 7.53. The molecule has 1 heterocycles. The van der Waals surface area contributed by atoms with Gasteiger partial charge in [0.2, 0.25) is 0 Å². The van der Waals surface area contributed by atoms with E-state index in [1.807, 2.05) is 17.8 Å². The third kappa shape index (κ3) is 3.39. The van der Waals surface area contributed by atoms with E-state index in [1.165, 1.54) is 37.5 Å². The van der Waals surface area contributed by atoms with Crippen LogP contribution in [-0.4, -0.2) is 24.7 Å². The van der Waals surface area contributed by atoms with Crippen molar-refractivity contribution >= 4 is 11.8 Å². The quantitative estimate of drug-likeness (QED) is 0.905. The summed E-state index contributed by atoms with van der Waals surface area (Å²) in [6.07, 6.45) is 2.43. The summed E-state index contributed by atoms with van der Waals surface area (Å²) >= 11 is 2.02. The summed E-state index contributed by atoms with van der Waals surface area (Å²) in [4.78, 5) is 0. The van der Waals surface area contributed by atoms with Gasteiger partial charge in [0.15, 0.2) is 11.6 Å². The van der Waals surface area contributed by atoms with Gasteiger partial charge in [0.1, 0.15) is 0 Å². The molecule has 4 heteroatoms. The highest BCUT2D eigenvalue weighted by molar-refractivity contribution is 7.99. The molecule has 1 aromatic rings. The zero-order chi connectivity index (χ0) is 13.0. The van der Waals surface area contributed by atoms with Gasteiger partial charge < -0.3 is 10.1 Å². The van der Waals surface area contributed by atoms with Crippen molar-refractivity contribution in [1.29, 1.82) is 0 Å². The van der Waals surface area contributed by atoms with Gasteiger partial charge >= 0.3 is 0 Å². The standard InChI is InChI=1S/C14H20FNOS/c1-10(16-12-5-7-18-8-6-12)11-3-4-13(15)14(9-11)17-2/h3-4,9-10,12,16H,5-8H2,1-2H3. The predicted octanol–water partition coefficient (Wildman–Crippen LogP) is 3.38. The number of hydrogen-bond donors (Lipinski definition) is 1. The molecule has 0 aliphatic carbocycles. The molecule has 0 bridgehead atoms. The second kappa shape index (κ2) is 6.43. The van der Waals surface area contributed by atoms with E-state index in [4.69, 9.17) is 4.74 Å². The molecule has 1 aliphatic heterocycles. The molecule has 100 valence electrons. The molecule has 18 heavy (non-hydrogen) atoms. The second-order valence-corrected chi connectivity index (χ2v) is 5.89. The third-order valence-electron chi connectivity index (χ3n) is 3.38. The summed E-state index contributed by atoms with van der Waals surface area (Å²) in [5, 5.41) is 3.61. The fraction of sp³-hybridized carbons (Fsp3) is 0.571. The topological polar surface area (TPSA) is 21.3 Å². The van der Waals surface area contributed by atoms with E-state index in [0.717, 1.165) is 5.56 Å². The van der Waals surface area contributed by atoms with Gasteiger partial charge in [-0.05, 0) is 49.0 Å². The molecule has 0 aromatic heterocycles. The Morgan fingerprint density at radius 3 is 2.78 bits per heavy atom. The van der Waals surface area contributed by atoms with Crippen molar-refractivity contribution in [2.45, 2.75) is 31.8 Å². The number of hydrogen-bond acceptors (Lipinski definition) is 3. The number of thioether (sulfide) groups is 1. The van der Waals surface area contributed by atoms with Gasteiger partial charge in [-0.25, -0.2) is 4.39 Å². The zero-order valence-corrected chi connectivity index (χ0v) is 11.7. The van der Waals surface area contributed by atoms with Gasteiger partial charge in [-0.15, -0.1) is 0 Å². The molecule has 1 unspecified atom stereocenters. The first-order valence-electron chi connectivity index (χ1n) is 6.38. The van der Waals surface area contributed by atoms with Crippen molar-refractivity contribution in [3.05, 3.63) is 29.6 Å². The first kappa shape index (κ1) is 13.7. The minimum Gasteiger partial charge on any atom is -0.494 e. The number of methoxy groups -OCH3 is 1. The molecule has 1 saturated heterocycles. The first-order chi connectivity index (χ1) is 8.70. The summed E-state index contributed by atoms with van der Waals surface area (Å²) < 4.78 is 18.4. The minimum absolute atomic E-state index is 0.229. The summed E-state index contributed by atoms with van der Waals surface area (Å²) in [6.45, 7) is 2.12. The second-order valence-electron chi connectivity index (χ2n) is 4.67. The number of ether oxygens (including phenoxy) is 1. The number of nitrogens with one attached hydrogen (secondary N) is 1. The van der Waals surface area contributed by atoms with Crippen LogP contribution >= 0.6 is 11.8 Å². The molecule has 0 saturated carbocycles. The molecular weight excluding hydrogens is 249 g/mol. The van der Waals surface area contributed by atoms with E-state index in [-0.39, 0.29) is 11.9 Å². The lowest BCUT2D eigenvalue weighted by Crippen LogP contribution is -2.34. The van der Waals surface area contributed by atoms with Crippen LogP contribution in [0.4, 0.5) is 4.39 Å². The Balaban J connectivity index is 2.01. The van der Waals surface area contributed by atoms with E-state index in [9.17, 15) is 4.39 Å². The smallest absolute Gasteiger partial charge is 0.165 e. The van der Waals surface area contributed by atoms with Crippen molar-refractivity contribution in [2.75, 3.05) is 18.6 Å². The summed E-state index contributed by atoms with van der Waals surface area (Å²) in [5.74, 6) is 2.48. The maximum atomic E-state index is 13.3. The Kier molecular flexibility index (Phi) is 4.89. The van der Waals surface area contributed by atoms with Crippen LogP contribution in [0.3, 0.4) is 0 Å². The highest BCUT2D eigenvalue weighted by Crippen LogP contribution is 2.24. The van der Waals surface area contributed by atoms with Gasteiger partial charge in [0.25, 0.3) is 0 Å². The Labute approximate surface area is 112 Å². The Bertz CT molecular complexity index is 393. The monoisotopic (exact) mass is 269 g/mol.